The molecule has 1 aromatic rings. The van der Waals surface area contributed by atoms with E-state index in [0.29, 0.717) is 17.8 Å². The first-order valence-corrected chi connectivity index (χ1v) is 5.27. The molecule has 0 aliphatic carbocycles. The first kappa shape index (κ1) is 10.8. The molecule has 1 aliphatic heterocycles. The molecule has 1 atom stereocenters. The van der Waals surface area contributed by atoms with E-state index in [1.807, 2.05) is 6.92 Å². The van der Waals surface area contributed by atoms with Gasteiger partial charge in [-0.05, 0) is 37.1 Å². The quantitative estimate of drug-likeness (QED) is 0.811. The molecule has 1 N–H and O–H groups in total. The molecule has 0 spiro atoms. The zero-order valence-electron chi connectivity index (χ0n) is 9.25. The van der Waals surface area contributed by atoms with Crippen molar-refractivity contribution in [1.82, 2.24) is 5.32 Å². The van der Waals surface area contributed by atoms with Gasteiger partial charge in [0.1, 0.15) is 17.7 Å². The Kier molecular flexibility index (Phi) is 2.73. The molecule has 0 aromatic heterocycles. The second-order valence-corrected chi connectivity index (χ2v) is 3.85. The zero-order chi connectivity index (χ0) is 11.7. The third-order valence-corrected chi connectivity index (χ3v) is 2.65. The van der Waals surface area contributed by atoms with Gasteiger partial charge in [-0.1, -0.05) is 6.92 Å². The summed E-state index contributed by atoms with van der Waals surface area (Å²) in [5.74, 6) is 0.208. The van der Waals surface area contributed by atoms with Crippen LogP contribution >= 0.6 is 0 Å². The highest BCUT2D eigenvalue weighted by Gasteiger charge is 2.25. The van der Waals surface area contributed by atoms with Crippen molar-refractivity contribution in [1.29, 1.82) is 0 Å². The lowest BCUT2D eigenvalue weighted by atomic mass is 10.1. The van der Waals surface area contributed by atoms with Crippen molar-refractivity contribution in [2.24, 2.45) is 4.99 Å². The van der Waals surface area contributed by atoms with Gasteiger partial charge in [0, 0.05) is 5.56 Å². The van der Waals surface area contributed by atoms with E-state index in [1.165, 1.54) is 6.07 Å². The Morgan fingerprint density at radius 2 is 2.25 bits per heavy atom. The Hall–Kier alpha value is -1.71. The monoisotopic (exact) mass is 220 g/mol. The predicted molar refractivity (Wildman–Crippen MR) is 59.9 cm³/mol. The number of hydrogen-bond donors (Lipinski definition) is 1. The summed E-state index contributed by atoms with van der Waals surface area (Å²) in [5.41, 5.74) is 1.30. The van der Waals surface area contributed by atoms with E-state index in [1.54, 1.807) is 19.1 Å². The van der Waals surface area contributed by atoms with Crippen LogP contribution in [0.25, 0.3) is 0 Å². The third kappa shape index (κ3) is 1.83. The van der Waals surface area contributed by atoms with Crippen molar-refractivity contribution in [3.05, 3.63) is 35.1 Å². The number of nitrogens with zero attached hydrogens (tertiary/aromatic N) is 1. The van der Waals surface area contributed by atoms with Crippen LogP contribution in [0.5, 0.6) is 0 Å². The van der Waals surface area contributed by atoms with E-state index < -0.39 is 0 Å². The van der Waals surface area contributed by atoms with Gasteiger partial charge in [0.05, 0.1) is 0 Å². The molecule has 0 saturated heterocycles. The highest BCUT2D eigenvalue weighted by atomic mass is 19.1. The van der Waals surface area contributed by atoms with Gasteiger partial charge < -0.3 is 5.32 Å². The molecule has 0 radical (unpaired) electrons. The van der Waals surface area contributed by atoms with Crippen LogP contribution in [0.1, 0.15) is 24.5 Å². The average Bonchev–Trinajstić information content (AvgIpc) is 2.64. The maximum atomic E-state index is 13.1. The van der Waals surface area contributed by atoms with Crippen LogP contribution in [0, 0.1) is 12.7 Å². The Balaban J connectivity index is 2.32. The molecule has 1 aliphatic rings. The molecular formula is C12H13FN2O. The standard InChI is InChI=1S/C12H13FN2O/c1-3-10-12(16)15-11(14-10)8-4-5-9(13)7(2)6-8/h4-6,10H,3H2,1-2H3,(H,14,15,16). The lowest BCUT2D eigenvalue weighted by molar-refractivity contribution is -0.120. The van der Waals surface area contributed by atoms with Crippen molar-refractivity contribution in [3.8, 4) is 0 Å². The fraction of sp³-hybridized carbons (Fsp3) is 0.333. The first-order valence-electron chi connectivity index (χ1n) is 5.27. The first-order chi connectivity index (χ1) is 7.61. The number of hydrogen-bond acceptors (Lipinski definition) is 2. The molecule has 1 heterocycles. The summed E-state index contributed by atoms with van der Waals surface area (Å²) < 4.78 is 13.1. The largest absolute Gasteiger partial charge is 0.309 e. The zero-order valence-corrected chi connectivity index (χ0v) is 9.25. The van der Waals surface area contributed by atoms with Crippen LogP contribution in [-0.4, -0.2) is 17.8 Å². The molecule has 0 saturated carbocycles. The number of aliphatic imine (C=N–C) groups is 1. The third-order valence-electron chi connectivity index (χ3n) is 2.65. The van der Waals surface area contributed by atoms with Gasteiger partial charge in [-0.25, -0.2) is 4.39 Å². The van der Waals surface area contributed by atoms with E-state index in [4.69, 9.17) is 0 Å². The number of carbonyl (C=O) groups excluding carboxylic acids is 1. The smallest absolute Gasteiger partial charge is 0.250 e. The van der Waals surface area contributed by atoms with Gasteiger partial charge in [0.2, 0.25) is 5.91 Å². The van der Waals surface area contributed by atoms with Gasteiger partial charge in [-0.15, -0.1) is 0 Å². The van der Waals surface area contributed by atoms with Crippen LogP contribution in [-0.2, 0) is 4.79 Å². The molecule has 84 valence electrons. The predicted octanol–water partition coefficient (Wildman–Crippen LogP) is 1.79. The number of amidine groups is 1. The topological polar surface area (TPSA) is 41.5 Å². The van der Waals surface area contributed by atoms with Crippen molar-refractivity contribution in [2.75, 3.05) is 0 Å². The minimum Gasteiger partial charge on any atom is -0.309 e. The van der Waals surface area contributed by atoms with Gasteiger partial charge >= 0.3 is 0 Å². The minimum absolute atomic E-state index is 0.0838. The lowest BCUT2D eigenvalue weighted by Crippen LogP contribution is -2.28. The normalized spacial score (nSPS) is 19.6. The Morgan fingerprint density at radius 1 is 1.50 bits per heavy atom. The van der Waals surface area contributed by atoms with Gasteiger partial charge in [0.25, 0.3) is 0 Å². The van der Waals surface area contributed by atoms with Crippen molar-refractivity contribution >= 4 is 11.7 Å². The number of benzene rings is 1. The van der Waals surface area contributed by atoms with Crippen LogP contribution in [0.3, 0.4) is 0 Å². The molecule has 2 rings (SSSR count). The second-order valence-electron chi connectivity index (χ2n) is 3.85. The number of amides is 1. The molecule has 16 heavy (non-hydrogen) atoms. The summed E-state index contributed by atoms with van der Waals surface area (Å²) >= 11 is 0. The van der Waals surface area contributed by atoms with Gasteiger partial charge in [-0.2, -0.15) is 0 Å². The van der Waals surface area contributed by atoms with Crippen molar-refractivity contribution in [2.45, 2.75) is 26.3 Å². The average molecular weight is 220 g/mol. The molecule has 1 amide bonds. The highest BCUT2D eigenvalue weighted by Crippen LogP contribution is 2.13. The molecule has 4 heteroatoms. The van der Waals surface area contributed by atoms with Gasteiger partial charge in [0.15, 0.2) is 0 Å². The molecule has 1 unspecified atom stereocenters. The SMILES string of the molecule is CCC1N=C(c2ccc(F)c(C)c2)NC1=O. The molecule has 3 nitrogen and oxygen atoms in total. The number of aryl methyl sites for hydroxylation is 1. The number of halogens is 1. The van der Waals surface area contributed by atoms with Crippen molar-refractivity contribution < 1.29 is 9.18 Å². The molecule has 0 fully saturated rings. The fourth-order valence-electron chi connectivity index (χ4n) is 1.66. The number of nitrogens with one attached hydrogen (secondary N) is 1. The summed E-state index contributed by atoms with van der Waals surface area (Å²) in [5, 5.41) is 2.71. The maximum absolute atomic E-state index is 13.1. The fourth-order valence-corrected chi connectivity index (χ4v) is 1.66. The van der Waals surface area contributed by atoms with Crippen LogP contribution in [0.2, 0.25) is 0 Å². The second kappa shape index (κ2) is 4.04. The Bertz CT molecular complexity index is 468. The summed E-state index contributed by atoms with van der Waals surface area (Å²) in [6.07, 6.45) is 0.676. The molecular weight excluding hydrogens is 207 g/mol. The van der Waals surface area contributed by atoms with E-state index >= 15 is 0 Å². The van der Waals surface area contributed by atoms with E-state index in [9.17, 15) is 9.18 Å². The maximum Gasteiger partial charge on any atom is 0.250 e. The molecule has 0 bridgehead atoms. The van der Waals surface area contributed by atoms with Gasteiger partial charge in [-0.3, -0.25) is 9.79 Å². The van der Waals surface area contributed by atoms with E-state index in [-0.39, 0.29) is 17.8 Å². The Morgan fingerprint density at radius 3 is 2.81 bits per heavy atom. The highest BCUT2D eigenvalue weighted by molar-refractivity contribution is 6.13. The lowest BCUT2D eigenvalue weighted by Gasteiger charge is -2.02. The summed E-state index contributed by atoms with van der Waals surface area (Å²) in [7, 11) is 0. The van der Waals surface area contributed by atoms with Crippen LogP contribution in [0.15, 0.2) is 23.2 Å². The van der Waals surface area contributed by atoms with E-state index in [2.05, 4.69) is 10.3 Å². The minimum atomic E-state index is -0.305. The number of rotatable bonds is 2. The van der Waals surface area contributed by atoms with Crippen LogP contribution < -0.4 is 5.32 Å². The summed E-state index contributed by atoms with van der Waals surface area (Å²) in [4.78, 5) is 15.7. The van der Waals surface area contributed by atoms with Crippen LogP contribution in [0.4, 0.5) is 4.39 Å². The summed E-state index contributed by atoms with van der Waals surface area (Å²) in [6.45, 7) is 3.60. The van der Waals surface area contributed by atoms with E-state index in [0.717, 1.165) is 5.56 Å². The van der Waals surface area contributed by atoms with Crippen molar-refractivity contribution in [3.63, 3.8) is 0 Å². The Labute approximate surface area is 93.4 Å². The summed E-state index contributed by atoms with van der Waals surface area (Å²) in [6, 6.07) is 4.39. The molecule has 1 aromatic carbocycles. The number of carbonyl (C=O) groups is 1.